The lowest BCUT2D eigenvalue weighted by molar-refractivity contribution is 0.0281. The predicted octanol–water partition coefficient (Wildman–Crippen LogP) is 5.14. The van der Waals surface area contributed by atoms with Crippen molar-refractivity contribution in [2.45, 2.75) is 72.4 Å². The van der Waals surface area contributed by atoms with Crippen LogP contribution in [0.3, 0.4) is 0 Å². The average molecular weight is 351 g/mol. The second-order valence-corrected chi connectivity index (χ2v) is 6.98. The third kappa shape index (κ3) is 9.61. The second-order valence-electron chi connectivity index (χ2n) is 6.98. The summed E-state index contributed by atoms with van der Waals surface area (Å²) in [5, 5.41) is 10.5. The molecule has 0 radical (unpaired) electrons. The summed E-state index contributed by atoms with van der Waals surface area (Å²) in [4.78, 5) is 4.96. The summed E-state index contributed by atoms with van der Waals surface area (Å²) in [6.07, 6.45) is 3.14. The van der Waals surface area contributed by atoms with Crippen LogP contribution in [-0.4, -0.2) is 36.3 Å². The molecule has 0 aliphatic rings. The van der Waals surface area contributed by atoms with Gasteiger partial charge in [-0.15, -0.1) is 0 Å². The number of aliphatic hydroxyl groups is 1. The third-order valence-corrected chi connectivity index (χ3v) is 4.02. The number of amidine groups is 1. The van der Waals surface area contributed by atoms with Gasteiger partial charge in [0.2, 0.25) is 0 Å². The van der Waals surface area contributed by atoms with Crippen molar-refractivity contribution in [3.05, 3.63) is 30.3 Å². The molecule has 0 aliphatic carbocycles. The minimum Gasteiger partial charge on any atom is -0.400 e. The number of nitrogens with one attached hydrogen (secondary N) is 1. The maximum atomic E-state index is 7.00. The van der Waals surface area contributed by atoms with E-state index in [-0.39, 0.29) is 0 Å². The second kappa shape index (κ2) is 12.9. The molecule has 2 N–H and O–H groups in total. The lowest BCUT2D eigenvalue weighted by Crippen LogP contribution is -2.41. The molecule has 0 saturated carbocycles. The van der Waals surface area contributed by atoms with E-state index in [9.17, 15) is 0 Å². The van der Waals surface area contributed by atoms with Crippen LogP contribution in [0.5, 0.6) is 0 Å². The van der Waals surface area contributed by atoms with Gasteiger partial charge in [0, 0.05) is 19.4 Å². The van der Waals surface area contributed by atoms with Gasteiger partial charge in [0.1, 0.15) is 11.4 Å². The van der Waals surface area contributed by atoms with Crippen LogP contribution >= 0.6 is 0 Å². The van der Waals surface area contributed by atoms with E-state index in [1.807, 2.05) is 18.2 Å². The molecule has 4 heteroatoms. The van der Waals surface area contributed by atoms with Crippen molar-refractivity contribution < 1.29 is 9.84 Å². The first-order valence-corrected chi connectivity index (χ1v) is 9.38. The number of nitrogens with zero attached hydrogens (tertiary/aromatic N) is 1. The van der Waals surface area contributed by atoms with Crippen LogP contribution in [0.25, 0.3) is 0 Å². The van der Waals surface area contributed by atoms with E-state index in [1.54, 1.807) is 0 Å². The fourth-order valence-electron chi connectivity index (χ4n) is 2.27. The summed E-state index contributed by atoms with van der Waals surface area (Å²) in [7, 11) is 1.00. The summed E-state index contributed by atoms with van der Waals surface area (Å²) < 4.78 is 6.17. The SMILES string of the molecule is CCC(CC)N=C(Nc1ccccc1)C(C)(C)OCCC(C)C.CO. The van der Waals surface area contributed by atoms with Crippen molar-refractivity contribution in [2.24, 2.45) is 10.9 Å². The molecule has 0 heterocycles. The molecule has 1 aromatic carbocycles. The Hall–Kier alpha value is -1.39. The van der Waals surface area contributed by atoms with Crippen molar-refractivity contribution in [1.29, 1.82) is 0 Å². The third-order valence-electron chi connectivity index (χ3n) is 4.02. The van der Waals surface area contributed by atoms with Crippen molar-refractivity contribution in [2.75, 3.05) is 19.0 Å². The molecule has 0 aromatic heterocycles. The maximum Gasteiger partial charge on any atom is 0.133 e. The van der Waals surface area contributed by atoms with E-state index >= 15 is 0 Å². The number of anilines is 1. The number of aliphatic hydroxyl groups excluding tert-OH is 1. The average Bonchev–Trinajstić information content (AvgIpc) is 2.60. The van der Waals surface area contributed by atoms with Gasteiger partial charge in [0.25, 0.3) is 0 Å². The van der Waals surface area contributed by atoms with Gasteiger partial charge in [0.15, 0.2) is 0 Å². The highest BCUT2D eigenvalue weighted by Gasteiger charge is 2.27. The maximum absolute atomic E-state index is 7.00. The Balaban J connectivity index is 0.00000277. The molecule has 25 heavy (non-hydrogen) atoms. The van der Waals surface area contributed by atoms with E-state index in [2.05, 4.69) is 59.0 Å². The number of rotatable bonds is 9. The number of benzene rings is 1. The topological polar surface area (TPSA) is 53.9 Å². The van der Waals surface area contributed by atoms with Crippen molar-refractivity contribution >= 4 is 11.5 Å². The molecule has 0 amide bonds. The minimum absolute atomic E-state index is 0.328. The van der Waals surface area contributed by atoms with Gasteiger partial charge in [-0.2, -0.15) is 0 Å². The summed E-state index contributed by atoms with van der Waals surface area (Å²) >= 11 is 0. The first-order valence-electron chi connectivity index (χ1n) is 9.38. The van der Waals surface area contributed by atoms with Gasteiger partial charge in [-0.1, -0.05) is 45.9 Å². The Morgan fingerprint density at radius 3 is 2.16 bits per heavy atom. The molecule has 1 rings (SSSR count). The molecule has 0 bridgehead atoms. The van der Waals surface area contributed by atoms with E-state index in [4.69, 9.17) is 14.8 Å². The lowest BCUT2D eigenvalue weighted by atomic mass is 10.1. The van der Waals surface area contributed by atoms with E-state index < -0.39 is 5.60 Å². The molecule has 0 fully saturated rings. The van der Waals surface area contributed by atoms with Crippen molar-refractivity contribution in [3.8, 4) is 0 Å². The predicted molar refractivity (Wildman–Crippen MR) is 109 cm³/mol. The molecule has 1 aromatic rings. The van der Waals surface area contributed by atoms with Crippen LogP contribution in [0, 0.1) is 5.92 Å². The quantitative estimate of drug-likeness (QED) is 0.479. The minimum atomic E-state index is -0.423. The molecule has 0 spiro atoms. The van der Waals surface area contributed by atoms with Gasteiger partial charge in [-0.05, 0) is 51.2 Å². The Bertz CT molecular complexity index is 466. The normalized spacial score (nSPS) is 12.2. The van der Waals surface area contributed by atoms with Crippen molar-refractivity contribution in [3.63, 3.8) is 0 Å². The standard InChI is InChI=1S/C20H34N2O.CH4O/c1-7-17(8-2)21-19(22-18-12-10-9-11-13-18)20(5,6)23-15-14-16(3)4;1-2/h9-13,16-17H,7-8,14-15H2,1-6H3,(H,21,22);2H,1H3. The van der Waals surface area contributed by atoms with Crippen LogP contribution in [0.4, 0.5) is 5.69 Å². The van der Waals surface area contributed by atoms with E-state index in [1.165, 1.54) is 0 Å². The first kappa shape index (κ1) is 23.6. The largest absolute Gasteiger partial charge is 0.400 e. The van der Waals surface area contributed by atoms with Crippen LogP contribution in [-0.2, 0) is 4.74 Å². The number of hydrogen-bond donors (Lipinski definition) is 2. The molecule has 0 unspecified atom stereocenters. The molecule has 0 saturated heterocycles. The van der Waals surface area contributed by atoms with Gasteiger partial charge < -0.3 is 15.2 Å². The van der Waals surface area contributed by atoms with Crippen LogP contribution < -0.4 is 5.32 Å². The molecule has 4 nitrogen and oxygen atoms in total. The Morgan fingerprint density at radius 1 is 1.12 bits per heavy atom. The first-order chi connectivity index (χ1) is 11.9. The monoisotopic (exact) mass is 350 g/mol. The van der Waals surface area contributed by atoms with E-state index in [0.717, 1.165) is 44.5 Å². The molecular formula is C21H38N2O2. The highest BCUT2D eigenvalue weighted by atomic mass is 16.5. The molecule has 0 aliphatic heterocycles. The fraction of sp³-hybridized carbons (Fsp3) is 0.667. The summed E-state index contributed by atoms with van der Waals surface area (Å²) in [6.45, 7) is 13.8. The van der Waals surface area contributed by atoms with Crippen molar-refractivity contribution in [1.82, 2.24) is 0 Å². The zero-order valence-electron chi connectivity index (χ0n) is 17.2. The number of aliphatic imine (C=N–C) groups is 1. The molecule has 0 atom stereocenters. The summed E-state index contributed by atoms with van der Waals surface area (Å²) in [6, 6.07) is 10.5. The smallest absolute Gasteiger partial charge is 0.133 e. The molecular weight excluding hydrogens is 312 g/mol. The van der Waals surface area contributed by atoms with Gasteiger partial charge in [-0.3, -0.25) is 4.99 Å². The lowest BCUT2D eigenvalue weighted by Gasteiger charge is -2.29. The zero-order valence-corrected chi connectivity index (χ0v) is 17.2. The highest BCUT2D eigenvalue weighted by molar-refractivity contribution is 6.01. The number of ether oxygens (including phenoxy) is 1. The van der Waals surface area contributed by atoms with Gasteiger partial charge in [-0.25, -0.2) is 0 Å². The Labute approximate surface area is 154 Å². The van der Waals surface area contributed by atoms with Gasteiger partial charge >= 0.3 is 0 Å². The summed E-state index contributed by atoms with van der Waals surface area (Å²) in [5.41, 5.74) is 0.630. The summed E-state index contributed by atoms with van der Waals surface area (Å²) in [5.74, 6) is 1.56. The van der Waals surface area contributed by atoms with Crippen LogP contribution in [0.1, 0.15) is 60.8 Å². The Morgan fingerprint density at radius 2 is 1.68 bits per heavy atom. The van der Waals surface area contributed by atoms with Crippen LogP contribution in [0.15, 0.2) is 35.3 Å². The number of hydrogen-bond acceptors (Lipinski definition) is 3. The number of para-hydroxylation sites is 1. The van der Waals surface area contributed by atoms with Gasteiger partial charge in [0.05, 0.1) is 6.04 Å². The van der Waals surface area contributed by atoms with E-state index in [0.29, 0.717) is 12.0 Å². The highest BCUT2D eigenvalue weighted by Crippen LogP contribution is 2.19. The Kier molecular flexibility index (Phi) is 12.2. The van der Waals surface area contributed by atoms with Crippen LogP contribution in [0.2, 0.25) is 0 Å². The molecule has 144 valence electrons. The fourth-order valence-corrected chi connectivity index (χ4v) is 2.27. The zero-order chi connectivity index (χ0) is 19.3.